The van der Waals surface area contributed by atoms with Crippen molar-refractivity contribution in [3.8, 4) is 5.75 Å². The van der Waals surface area contributed by atoms with Gasteiger partial charge >= 0.3 is 0 Å². The van der Waals surface area contributed by atoms with Crippen LogP contribution < -0.4 is 10.1 Å². The van der Waals surface area contributed by atoms with Gasteiger partial charge in [0.2, 0.25) is 0 Å². The first kappa shape index (κ1) is 14.0. The summed E-state index contributed by atoms with van der Waals surface area (Å²) in [6, 6.07) is 8.86. The van der Waals surface area contributed by atoms with Gasteiger partial charge in [-0.3, -0.25) is 0 Å². The van der Waals surface area contributed by atoms with Crippen LogP contribution in [0.3, 0.4) is 0 Å². The van der Waals surface area contributed by atoms with Gasteiger partial charge in [-0.05, 0) is 30.9 Å². The van der Waals surface area contributed by atoms with E-state index < -0.39 is 0 Å². The standard InChI is InChI=1S/C15H25NO/c1-5-13(4)16-10-11-17-15-9-7-6-8-14(15)12(2)3/h6-9,12-13,16H,5,10-11H2,1-4H3. The first-order chi connectivity index (χ1) is 8.15. The molecule has 0 aliphatic rings. The van der Waals surface area contributed by atoms with Crippen molar-refractivity contribution < 1.29 is 4.74 Å². The molecule has 1 aromatic carbocycles. The van der Waals surface area contributed by atoms with Crippen molar-refractivity contribution in [2.45, 2.75) is 46.1 Å². The highest BCUT2D eigenvalue weighted by Gasteiger charge is 2.06. The molecule has 1 unspecified atom stereocenters. The topological polar surface area (TPSA) is 21.3 Å². The maximum Gasteiger partial charge on any atom is 0.122 e. The fraction of sp³-hybridized carbons (Fsp3) is 0.600. The van der Waals surface area contributed by atoms with Crippen molar-refractivity contribution in [2.24, 2.45) is 0 Å². The molecule has 0 saturated carbocycles. The van der Waals surface area contributed by atoms with E-state index in [1.807, 2.05) is 6.07 Å². The Morgan fingerprint density at radius 1 is 1.18 bits per heavy atom. The van der Waals surface area contributed by atoms with Crippen LogP contribution in [0.2, 0.25) is 0 Å². The first-order valence-electron chi connectivity index (χ1n) is 6.60. The molecular weight excluding hydrogens is 210 g/mol. The zero-order valence-electron chi connectivity index (χ0n) is 11.5. The molecule has 1 rings (SSSR count). The molecule has 2 nitrogen and oxygen atoms in total. The Bertz CT molecular complexity index is 322. The van der Waals surface area contributed by atoms with Crippen molar-refractivity contribution in [3.05, 3.63) is 29.8 Å². The lowest BCUT2D eigenvalue weighted by atomic mass is 10.0. The van der Waals surface area contributed by atoms with Crippen molar-refractivity contribution in [2.75, 3.05) is 13.2 Å². The van der Waals surface area contributed by atoms with Crippen LogP contribution >= 0.6 is 0 Å². The molecule has 0 bridgehead atoms. The average Bonchev–Trinajstić information content (AvgIpc) is 2.34. The predicted octanol–water partition coefficient (Wildman–Crippen LogP) is 3.58. The largest absolute Gasteiger partial charge is 0.492 e. The molecule has 1 aromatic rings. The molecule has 0 spiro atoms. The molecule has 1 N–H and O–H groups in total. The molecule has 96 valence electrons. The zero-order chi connectivity index (χ0) is 12.7. The van der Waals surface area contributed by atoms with E-state index in [2.05, 4.69) is 51.2 Å². The molecule has 17 heavy (non-hydrogen) atoms. The number of benzene rings is 1. The second kappa shape index (κ2) is 7.33. The highest BCUT2D eigenvalue weighted by molar-refractivity contribution is 5.35. The SMILES string of the molecule is CCC(C)NCCOc1ccccc1C(C)C. The summed E-state index contributed by atoms with van der Waals surface area (Å²) in [4.78, 5) is 0. The van der Waals surface area contributed by atoms with Crippen LogP contribution in [0.1, 0.15) is 45.6 Å². The van der Waals surface area contributed by atoms with E-state index in [0.29, 0.717) is 12.0 Å². The molecule has 0 heterocycles. The van der Waals surface area contributed by atoms with Crippen LogP contribution in [0.25, 0.3) is 0 Å². The third-order valence-electron chi connectivity index (χ3n) is 3.01. The summed E-state index contributed by atoms with van der Waals surface area (Å²) < 4.78 is 5.83. The lowest BCUT2D eigenvalue weighted by Crippen LogP contribution is -2.29. The minimum atomic E-state index is 0.508. The Kier molecular flexibility index (Phi) is 6.06. The third kappa shape index (κ3) is 4.78. The van der Waals surface area contributed by atoms with E-state index in [4.69, 9.17) is 4.74 Å². The van der Waals surface area contributed by atoms with E-state index in [0.717, 1.165) is 25.3 Å². The summed E-state index contributed by atoms with van der Waals surface area (Å²) in [5, 5.41) is 3.43. The van der Waals surface area contributed by atoms with Gasteiger partial charge in [0.15, 0.2) is 0 Å². The molecule has 0 fully saturated rings. The van der Waals surface area contributed by atoms with Gasteiger partial charge in [-0.2, -0.15) is 0 Å². The normalized spacial score (nSPS) is 12.8. The summed E-state index contributed by atoms with van der Waals surface area (Å²) in [6.07, 6.45) is 1.16. The maximum atomic E-state index is 5.83. The fourth-order valence-electron chi connectivity index (χ4n) is 1.70. The van der Waals surface area contributed by atoms with Gasteiger partial charge in [0.1, 0.15) is 12.4 Å². The summed E-state index contributed by atoms with van der Waals surface area (Å²) in [7, 11) is 0. The van der Waals surface area contributed by atoms with Crippen LogP contribution in [0.5, 0.6) is 5.75 Å². The molecule has 0 saturated heterocycles. The number of para-hydroxylation sites is 1. The molecule has 0 aliphatic heterocycles. The van der Waals surface area contributed by atoms with Crippen LogP contribution in [0.15, 0.2) is 24.3 Å². The Morgan fingerprint density at radius 3 is 2.53 bits per heavy atom. The summed E-state index contributed by atoms with van der Waals surface area (Å²) in [5.41, 5.74) is 1.29. The third-order valence-corrected chi connectivity index (χ3v) is 3.01. The Labute approximate surface area is 105 Å². The number of hydrogen-bond donors (Lipinski definition) is 1. The van der Waals surface area contributed by atoms with Crippen LogP contribution in [0.4, 0.5) is 0 Å². The van der Waals surface area contributed by atoms with Crippen LogP contribution in [-0.4, -0.2) is 19.2 Å². The van der Waals surface area contributed by atoms with Crippen LogP contribution in [-0.2, 0) is 0 Å². The Hall–Kier alpha value is -1.02. The smallest absolute Gasteiger partial charge is 0.122 e. The number of ether oxygens (including phenoxy) is 1. The fourth-order valence-corrected chi connectivity index (χ4v) is 1.70. The summed E-state index contributed by atoms with van der Waals surface area (Å²) in [6.45, 7) is 10.4. The van der Waals surface area contributed by atoms with Gasteiger partial charge in [0.25, 0.3) is 0 Å². The second-order valence-electron chi connectivity index (χ2n) is 4.80. The van der Waals surface area contributed by atoms with Crippen molar-refractivity contribution >= 4 is 0 Å². The van der Waals surface area contributed by atoms with Gasteiger partial charge in [-0.1, -0.05) is 39.0 Å². The molecule has 1 atom stereocenters. The Morgan fingerprint density at radius 2 is 1.88 bits per heavy atom. The van der Waals surface area contributed by atoms with E-state index >= 15 is 0 Å². The minimum absolute atomic E-state index is 0.508. The van der Waals surface area contributed by atoms with Crippen molar-refractivity contribution in [1.82, 2.24) is 5.32 Å². The van der Waals surface area contributed by atoms with Crippen molar-refractivity contribution in [3.63, 3.8) is 0 Å². The molecule has 2 heteroatoms. The number of rotatable bonds is 7. The molecule has 0 radical (unpaired) electrons. The minimum Gasteiger partial charge on any atom is -0.492 e. The highest BCUT2D eigenvalue weighted by Crippen LogP contribution is 2.25. The molecular formula is C15H25NO. The zero-order valence-corrected chi connectivity index (χ0v) is 11.5. The van der Waals surface area contributed by atoms with E-state index in [1.165, 1.54) is 5.56 Å². The first-order valence-corrected chi connectivity index (χ1v) is 6.60. The summed E-state index contributed by atoms with van der Waals surface area (Å²) >= 11 is 0. The van der Waals surface area contributed by atoms with Gasteiger partial charge in [0.05, 0.1) is 0 Å². The van der Waals surface area contributed by atoms with Crippen molar-refractivity contribution in [1.29, 1.82) is 0 Å². The monoisotopic (exact) mass is 235 g/mol. The molecule has 0 aliphatic carbocycles. The number of hydrogen-bond acceptors (Lipinski definition) is 2. The van der Waals surface area contributed by atoms with Gasteiger partial charge in [-0.25, -0.2) is 0 Å². The predicted molar refractivity (Wildman–Crippen MR) is 73.8 cm³/mol. The average molecular weight is 235 g/mol. The second-order valence-corrected chi connectivity index (χ2v) is 4.80. The lowest BCUT2D eigenvalue weighted by Gasteiger charge is -2.15. The highest BCUT2D eigenvalue weighted by atomic mass is 16.5. The number of nitrogens with one attached hydrogen (secondary N) is 1. The maximum absolute atomic E-state index is 5.83. The van der Waals surface area contributed by atoms with Gasteiger partial charge in [0, 0.05) is 12.6 Å². The van der Waals surface area contributed by atoms with Gasteiger partial charge < -0.3 is 10.1 Å². The van der Waals surface area contributed by atoms with Crippen LogP contribution in [0, 0.1) is 0 Å². The lowest BCUT2D eigenvalue weighted by molar-refractivity contribution is 0.302. The molecule has 0 amide bonds. The quantitative estimate of drug-likeness (QED) is 0.729. The van der Waals surface area contributed by atoms with Gasteiger partial charge in [-0.15, -0.1) is 0 Å². The summed E-state index contributed by atoms with van der Waals surface area (Å²) in [5.74, 6) is 1.53. The van der Waals surface area contributed by atoms with E-state index in [9.17, 15) is 0 Å². The molecule has 0 aromatic heterocycles. The van der Waals surface area contributed by atoms with E-state index in [1.54, 1.807) is 0 Å². The Balaban J connectivity index is 2.41. The van der Waals surface area contributed by atoms with E-state index in [-0.39, 0.29) is 0 Å².